The Labute approximate surface area is 156 Å². The molecule has 1 aliphatic carbocycles. The fraction of sp³-hybridized carbons (Fsp3) is 0.714. The zero-order valence-electron chi connectivity index (χ0n) is 15.6. The maximum atomic E-state index is 12.8. The molecule has 0 bridgehead atoms. The van der Waals surface area contributed by atoms with Crippen molar-refractivity contribution in [3.8, 4) is 0 Å². The number of carbonyl (C=O) groups is 1. The van der Waals surface area contributed by atoms with Crippen molar-refractivity contribution in [2.24, 2.45) is 11.8 Å². The smallest absolute Gasteiger partial charge is 0.223 e. The Morgan fingerprint density at radius 2 is 1.85 bits per heavy atom. The van der Waals surface area contributed by atoms with Gasteiger partial charge in [-0.2, -0.15) is 0 Å². The highest BCUT2D eigenvalue weighted by Crippen LogP contribution is 2.28. The highest BCUT2D eigenvalue weighted by Gasteiger charge is 2.34. The minimum atomic E-state index is 0.142. The van der Waals surface area contributed by atoms with E-state index >= 15 is 0 Å². The average Bonchev–Trinajstić information content (AvgIpc) is 3.35. The second-order valence-corrected chi connectivity index (χ2v) is 8.22. The van der Waals surface area contributed by atoms with E-state index in [9.17, 15) is 4.79 Å². The van der Waals surface area contributed by atoms with E-state index in [0.717, 1.165) is 45.0 Å². The van der Waals surface area contributed by atoms with E-state index in [1.165, 1.54) is 31.2 Å². The van der Waals surface area contributed by atoms with Gasteiger partial charge < -0.3 is 15.0 Å². The molecule has 3 aliphatic rings. The number of amides is 1. The van der Waals surface area contributed by atoms with Crippen molar-refractivity contribution in [2.75, 3.05) is 26.3 Å². The van der Waals surface area contributed by atoms with E-state index in [-0.39, 0.29) is 17.9 Å². The van der Waals surface area contributed by atoms with Crippen LogP contribution in [0, 0.1) is 11.8 Å². The minimum absolute atomic E-state index is 0.142. The quantitative estimate of drug-likeness (QED) is 0.879. The lowest BCUT2D eigenvalue weighted by atomic mass is 9.92. The molecule has 0 radical (unpaired) electrons. The number of nitrogens with zero attached hydrogens (tertiary/aromatic N) is 2. The highest BCUT2D eigenvalue weighted by atomic mass is 16.5. The Morgan fingerprint density at radius 3 is 2.58 bits per heavy atom. The molecule has 2 atom stereocenters. The Bertz CT molecular complexity index is 580. The summed E-state index contributed by atoms with van der Waals surface area (Å²) >= 11 is 0. The molecule has 0 aromatic carbocycles. The number of carbonyl (C=O) groups excluding carboxylic acids is 1. The van der Waals surface area contributed by atoms with E-state index in [1.807, 2.05) is 12.4 Å². The lowest BCUT2D eigenvalue weighted by Gasteiger charge is -2.36. The zero-order chi connectivity index (χ0) is 17.8. The van der Waals surface area contributed by atoms with E-state index in [4.69, 9.17) is 4.74 Å². The van der Waals surface area contributed by atoms with Crippen LogP contribution in [-0.4, -0.2) is 54.2 Å². The fourth-order valence-corrected chi connectivity index (χ4v) is 4.88. The molecular formula is C21H31N3O2. The fourth-order valence-electron chi connectivity index (χ4n) is 4.88. The monoisotopic (exact) mass is 357 g/mol. The number of rotatable bonds is 5. The molecule has 3 fully saturated rings. The average molecular weight is 357 g/mol. The van der Waals surface area contributed by atoms with Gasteiger partial charge in [-0.15, -0.1) is 0 Å². The van der Waals surface area contributed by atoms with Gasteiger partial charge in [-0.25, -0.2) is 0 Å². The van der Waals surface area contributed by atoms with E-state index < -0.39 is 0 Å². The van der Waals surface area contributed by atoms with Gasteiger partial charge in [-0.05, 0) is 62.9 Å². The van der Waals surface area contributed by atoms with E-state index in [0.29, 0.717) is 12.5 Å². The van der Waals surface area contributed by atoms with Crippen LogP contribution < -0.4 is 5.32 Å². The third kappa shape index (κ3) is 4.26. The molecule has 3 heterocycles. The molecule has 1 aromatic rings. The van der Waals surface area contributed by atoms with Crippen molar-refractivity contribution in [3.63, 3.8) is 0 Å². The summed E-state index contributed by atoms with van der Waals surface area (Å²) in [6.45, 7) is 3.55. The second kappa shape index (κ2) is 8.49. The summed E-state index contributed by atoms with van der Waals surface area (Å²) in [7, 11) is 0. The molecule has 26 heavy (non-hydrogen) atoms. The third-order valence-electron chi connectivity index (χ3n) is 6.51. The predicted octanol–water partition coefficient (Wildman–Crippen LogP) is 2.41. The number of ether oxygens (including phenoxy) is 1. The molecule has 1 amide bonds. The van der Waals surface area contributed by atoms with Gasteiger partial charge in [0, 0.05) is 30.3 Å². The van der Waals surface area contributed by atoms with Gasteiger partial charge >= 0.3 is 0 Å². The summed E-state index contributed by atoms with van der Waals surface area (Å²) < 4.78 is 5.68. The molecule has 1 saturated carbocycles. The number of aromatic nitrogens is 1. The second-order valence-electron chi connectivity index (χ2n) is 8.22. The molecule has 5 heteroatoms. The normalized spacial score (nSPS) is 28.5. The van der Waals surface area contributed by atoms with Crippen molar-refractivity contribution in [1.82, 2.24) is 15.2 Å². The van der Waals surface area contributed by atoms with Crippen LogP contribution >= 0.6 is 0 Å². The first-order chi connectivity index (χ1) is 12.8. The first-order valence-electron chi connectivity index (χ1n) is 10.3. The molecule has 4 rings (SSSR count). The number of pyridine rings is 1. The van der Waals surface area contributed by atoms with Crippen LogP contribution in [0.4, 0.5) is 0 Å². The Balaban J connectivity index is 1.26. The number of hydrogen-bond donors (Lipinski definition) is 1. The third-order valence-corrected chi connectivity index (χ3v) is 6.51. The standard InChI is InChI=1S/C21H31N3O2/c25-21(17-7-11-24(12-8-17)19-3-1-2-4-19)23-20-15-26-14-18(20)13-16-5-9-22-10-6-16/h5-6,9-10,17-20H,1-4,7-8,11-15H2,(H,23,25)/t18-,20+/m1/s1. The topological polar surface area (TPSA) is 54.5 Å². The van der Waals surface area contributed by atoms with Crippen molar-refractivity contribution in [2.45, 2.75) is 57.0 Å². The number of hydrogen-bond acceptors (Lipinski definition) is 4. The summed E-state index contributed by atoms with van der Waals surface area (Å²) in [5, 5.41) is 3.31. The zero-order valence-corrected chi connectivity index (χ0v) is 15.6. The summed E-state index contributed by atoms with van der Waals surface area (Å²) in [6, 6.07) is 5.03. The molecule has 0 spiro atoms. The SMILES string of the molecule is O=C(N[C@H]1COC[C@H]1Cc1ccncc1)C1CCN(C2CCCC2)CC1. The number of nitrogens with one attached hydrogen (secondary N) is 1. The Hall–Kier alpha value is -1.46. The number of likely N-dealkylation sites (tertiary alicyclic amines) is 1. The lowest BCUT2D eigenvalue weighted by molar-refractivity contribution is -0.127. The number of piperidine rings is 1. The van der Waals surface area contributed by atoms with E-state index in [2.05, 4.69) is 27.3 Å². The van der Waals surface area contributed by atoms with Crippen LogP contribution in [0.25, 0.3) is 0 Å². The van der Waals surface area contributed by atoms with Gasteiger partial charge in [0.1, 0.15) is 0 Å². The van der Waals surface area contributed by atoms with E-state index in [1.54, 1.807) is 0 Å². The molecule has 1 aromatic heterocycles. The summed E-state index contributed by atoms with van der Waals surface area (Å²) in [4.78, 5) is 19.5. The molecule has 5 nitrogen and oxygen atoms in total. The highest BCUT2D eigenvalue weighted by molar-refractivity contribution is 5.79. The Morgan fingerprint density at radius 1 is 1.12 bits per heavy atom. The van der Waals surface area contributed by atoms with Crippen molar-refractivity contribution >= 4 is 5.91 Å². The van der Waals surface area contributed by atoms with Gasteiger partial charge in [0.2, 0.25) is 5.91 Å². The molecule has 2 saturated heterocycles. The van der Waals surface area contributed by atoms with Crippen LogP contribution in [0.5, 0.6) is 0 Å². The summed E-state index contributed by atoms with van der Waals surface area (Å²) in [5.41, 5.74) is 1.26. The van der Waals surface area contributed by atoms with Crippen LogP contribution in [-0.2, 0) is 16.0 Å². The molecule has 1 N–H and O–H groups in total. The van der Waals surface area contributed by atoms with Crippen molar-refractivity contribution < 1.29 is 9.53 Å². The molecule has 0 unspecified atom stereocenters. The van der Waals surface area contributed by atoms with Gasteiger partial charge in [-0.3, -0.25) is 9.78 Å². The van der Waals surface area contributed by atoms with Gasteiger partial charge in [0.25, 0.3) is 0 Å². The van der Waals surface area contributed by atoms with Crippen LogP contribution in [0.15, 0.2) is 24.5 Å². The molecule has 2 aliphatic heterocycles. The van der Waals surface area contributed by atoms with Crippen LogP contribution in [0.2, 0.25) is 0 Å². The summed E-state index contributed by atoms with van der Waals surface area (Å²) in [6.07, 6.45) is 12.1. The van der Waals surface area contributed by atoms with Crippen molar-refractivity contribution in [1.29, 1.82) is 0 Å². The predicted molar refractivity (Wildman–Crippen MR) is 101 cm³/mol. The van der Waals surface area contributed by atoms with Gasteiger partial charge in [-0.1, -0.05) is 12.8 Å². The van der Waals surface area contributed by atoms with Crippen LogP contribution in [0.1, 0.15) is 44.1 Å². The molecule has 142 valence electrons. The molecular weight excluding hydrogens is 326 g/mol. The maximum Gasteiger partial charge on any atom is 0.223 e. The summed E-state index contributed by atoms with van der Waals surface area (Å²) in [5.74, 6) is 0.779. The first kappa shape index (κ1) is 17.9. The van der Waals surface area contributed by atoms with Gasteiger partial charge in [0.15, 0.2) is 0 Å². The minimum Gasteiger partial charge on any atom is -0.379 e. The van der Waals surface area contributed by atoms with Gasteiger partial charge in [0.05, 0.1) is 19.3 Å². The maximum absolute atomic E-state index is 12.8. The largest absolute Gasteiger partial charge is 0.379 e. The van der Waals surface area contributed by atoms with Crippen molar-refractivity contribution in [3.05, 3.63) is 30.1 Å². The first-order valence-corrected chi connectivity index (χ1v) is 10.3. The Kier molecular flexibility index (Phi) is 5.85. The van der Waals surface area contributed by atoms with Crippen LogP contribution in [0.3, 0.4) is 0 Å². The lowest BCUT2D eigenvalue weighted by Crippen LogP contribution is -2.47.